The molecule has 0 N–H and O–H groups in total. The summed E-state index contributed by atoms with van der Waals surface area (Å²) in [4.78, 5) is 10.3. The van der Waals surface area contributed by atoms with Crippen molar-refractivity contribution >= 4 is 17.9 Å². The molecule has 88 valence electrons. The van der Waals surface area contributed by atoms with Gasteiger partial charge in [0, 0.05) is 6.42 Å². The zero-order valence-electron chi connectivity index (χ0n) is 9.05. The second-order valence-electron chi connectivity index (χ2n) is 3.10. The fourth-order valence-electron chi connectivity index (χ4n) is 1.44. The van der Waals surface area contributed by atoms with Crippen molar-refractivity contribution < 1.29 is 18.7 Å². The highest BCUT2D eigenvalue weighted by Gasteiger charge is 2.18. The lowest BCUT2D eigenvalue weighted by Gasteiger charge is -2.12. The van der Waals surface area contributed by atoms with Crippen LogP contribution in [0.25, 0.3) is 0 Å². The lowest BCUT2D eigenvalue weighted by molar-refractivity contribution is -0.107. The van der Waals surface area contributed by atoms with Crippen LogP contribution in [0.1, 0.15) is 12.0 Å². The quantitative estimate of drug-likeness (QED) is 0.750. The van der Waals surface area contributed by atoms with Gasteiger partial charge in [0.1, 0.15) is 6.29 Å². The third-order valence-corrected chi connectivity index (χ3v) is 2.43. The fraction of sp³-hybridized carbons (Fsp3) is 0.364. The first-order chi connectivity index (χ1) is 7.65. The molecule has 0 aromatic heterocycles. The van der Waals surface area contributed by atoms with Crippen LogP contribution in [0, 0.1) is 5.82 Å². The van der Waals surface area contributed by atoms with Crippen molar-refractivity contribution in [2.24, 2.45) is 0 Å². The molecule has 0 saturated carbocycles. The van der Waals surface area contributed by atoms with Gasteiger partial charge in [-0.1, -0.05) is 11.6 Å². The van der Waals surface area contributed by atoms with Gasteiger partial charge >= 0.3 is 0 Å². The maximum atomic E-state index is 13.8. The summed E-state index contributed by atoms with van der Waals surface area (Å²) in [5.74, 6) is -0.616. The number of rotatable bonds is 5. The van der Waals surface area contributed by atoms with Crippen molar-refractivity contribution in [1.29, 1.82) is 0 Å². The van der Waals surface area contributed by atoms with Crippen molar-refractivity contribution in [2.75, 3.05) is 14.2 Å². The van der Waals surface area contributed by atoms with Crippen LogP contribution in [-0.2, 0) is 11.2 Å². The third kappa shape index (κ3) is 2.44. The third-order valence-electron chi connectivity index (χ3n) is 2.15. The van der Waals surface area contributed by atoms with Gasteiger partial charge in [-0.05, 0) is 18.1 Å². The lowest BCUT2D eigenvalue weighted by Crippen LogP contribution is -2.00. The summed E-state index contributed by atoms with van der Waals surface area (Å²) in [6.45, 7) is 0. The zero-order chi connectivity index (χ0) is 12.1. The highest BCUT2D eigenvalue weighted by molar-refractivity contribution is 6.32. The van der Waals surface area contributed by atoms with E-state index in [0.717, 1.165) is 6.29 Å². The summed E-state index contributed by atoms with van der Waals surface area (Å²) in [6, 6.07) is 1.55. The van der Waals surface area contributed by atoms with E-state index >= 15 is 0 Å². The number of benzene rings is 1. The number of carbonyl (C=O) groups excluding carboxylic acids is 1. The van der Waals surface area contributed by atoms with Gasteiger partial charge in [-0.25, -0.2) is 0 Å². The van der Waals surface area contributed by atoms with Crippen molar-refractivity contribution in [3.63, 3.8) is 0 Å². The van der Waals surface area contributed by atoms with Crippen LogP contribution in [0.3, 0.4) is 0 Å². The molecule has 1 rings (SSSR count). The van der Waals surface area contributed by atoms with E-state index < -0.39 is 5.82 Å². The van der Waals surface area contributed by atoms with Gasteiger partial charge in [0.2, 0.25) is 5.82 Å². The van der Waals surface area contributed by atoms with Crippen LogP contribution in [0.4, 0.5) is 4.39 Å². The Morgan fingerprint density at radius 3 is 2.50 bits per heavy atom. The molecule has 3 nitrogen and oxygen atoms in total. The maximum absolute atomic E-state index is 13.8. The summed E-state index contributed by atoms with van der Waals surface area (Å²) in [6.07, 6.45) is 1.43. The number of hydrogen-bond donors (Lipinski definition) is 0. The number of aldehydes is 1. The number of methoxy groups -OCH3 is 2. The summed E-state index contributed by atoms with van der Waals surface area (Å²) in [5.41, 5.74) is 0.554. The molecule has 0 saturated heterocycles. The molecule has 0 fully saturated rings. The molecule has 0 radical (unpaired) electrons. The van der Waals surface area contributed by atoms with Crippen LogP contribution in [-0.4, -0.2) is 20.5 Å². The van der Waals surface area contributed by atoms with Crippen LogP contribution < -0.4 is 9.47 Å². The number of hydrogen-bond acceptors (Lipinski definition) is 3. The second kappa shape index (κ2) is 5.70. The smallest absolute Gasteiger partial charge is 0.208 e. The average molecular weight is 247 g/mol. The Morgan fingerprint density at radius 2 is 2.00 bits per heavy atom. The van der Waals surface area contributed by atoms with Gasteiger partial charge in [-0.3, -0.25) is 0 Å². The molecule has 1 aromatic rings. The van der Waals surface area contributed by atoms with E-state index in [1.807, 2.05) is 0 Å². The van der Waals surface area contributed by atoms with Gasteiger partial charge in [0.15, 0.2) is 11.5 Å². The second-order valence-corrected chi connectivity index (χ2v) is 3.51. The molecule has 1 aromatic carbocycles. The first kappa shape index (κ1) is 12.8. The number of halogens is 2. The normalized spacial score (nSPS) is 10.0. The Labute approximate surface area is 98.1 Å². The molecule has 0 unspecified atom stereocenters. The molecule has 0 aliphatic carbocycles. The minimum absolute atomic E-state index is 0.0478. The standard InChI is InChI=1S/C11H12ClFO3/c1-15-10-7(4-3-5-14)6-8(12)11(16-2)9(10)13/h5-6H,3-4H2,1-2H3. The summed E-state index contributed by atoms with van der Waals surface area (Å²) in [7, 11) is 2.69. The molecule has 16 heavy (non-hydrogen) atoms. The average Bonchev–Trinajstić information content (AvgIpc) is 2.26. The van der Waals surface area contributed by atoms with Crippen molar-refractivity contribution in [3.8, 4) is 11.5 Å². The van der Waals surface area contributed by atoms with E-state index in [9.17, 15) is 9.18 Å². The van der Waals surface area contributed by atoms with Crippen molar-refractivity contribution in [3.05, 3.63) is 22.5 Å². The Kier molecular flexibility index (Phi) is 4.55. The minimum Gasteiger partial charge on any atom is -0.493 e. The lowest BCUT2D eigenvalue weighted by atomic mass is 10.1. The molecular formula is C11H12ClFO3. The predicted octanol–water partition coefficient (Wildman–Crippen LogP) is 2.63. The van der Waals surface area contributed by atoms with Crippen LogP contribution >= 0.6 is 11.6 Å². The monoisotopic (exact) mass is 246 g/mol. The molecule has 0 amide bonds. The fourth-order valence-corrected chi connectivity index (χ4v) is 1.73. The molecule has 0 heterocycles. The Morgan fingerprint density at radius 1 is 1.38 bits per heavy atom. The molecule has 0 bridgehead atoms. The Hall–Kier alpha value is -1.29. The number of ether oxygens (including phenoxy) is 2. The highest BCUT2D eigenvalue weighted by Crippen LogP contribution is 2.37. The van der Waals surface area contributed by atoms with Crippen LogP contribution in [0.2, 0.25) is 5.02 Å². The molecule has 0 aliphatic rings. The molecule has 0 aliphatic heterocycles. The van der Waals surface area contributed by atoms with Gasteiger partial charge in [0.05, 0.1) is 19.2 Å². The van der Waals surface area contributed by atoms with Crippen molar-refractivity contribution in [1.82, 2.24) is 0 Å². The van der Waals surface area contributed by atoms with Gasteiger partial charge in [0.25, 0.3) is 0 Å². The van der Waals surface area contributed by atoms with Gasteiger partial charge in [-0.2, -0.15) is 4.39 Å². The van der Waals surface area contributed by atoms with Gasteiger partial charge in [-0.15, -0.1) is 0 Å². The van der Waals surface area contributed by atoms with Gasteiger partial charge < -0.3 is 14.3 Å². The predicted molar refractivity (Wildman–Crippen MR) is 58.9 cm³/mol. The van der Waals surface area contributed by atoms with Crippen LogP contribution in [0.5, 0.6) is 11.5 Å². The summed E-state index contributed by atoms with van der Waals surface area (Å²) in [5, 5.41) is 0.168. The molecule has 5 heteroatoms. The first-order valence-electron chi connectivity index (χ1n) is 4.68. The highest BCUT2D eigenvalue weighted by atomic mass is 35.5. The Bertz CT molecular complexity index is 393. The maximum Gasteiger partial charge on any atom is 0.208 e. The van der Waals surface area contributed by atoms with E-state index in [4.69, 9.17) is 21.1 Å². The summed E-state index contributed by atoms with van der Waals surface area (Å²) < 4.78 is 23.6. The molecular weight excluding hydrogens is 235 g/mol. The van der Waals surface area contributed by atoms with E-state index in [1.165, 1.54) is 14.2 Å². The van der Waals surface area contributed by atoms with E-state index in [1.54, 1.807) is 6.07 Å². The minimum atomic E-state index is -0.640. The summed E-state index contributed by atoms with van der Waals surface area (Å²) >= 11 is 5.83. The topological polar surface area (TPSA) is 35.5 Å². The van der Waals surface area contributed by atoms with E-state index in [-0.39, 0.29) is 16.5 Å². The largest absolute Gasteiger partial charge is 0.493 e. The number of aryl methyl sites for hydroxylation is 1. The molecule has 0 atom stereocenters. The van der Waals surface area contributed by atoms with Crippen LogP contribution in [0.15, 0.2) is 6.07 Å². The zero-order valence-corrected chi connectivity index (χ0v) is 9.81. The first-order valence-corrected chi connectivity index (χ1v) is 5.06. The number of carbonyl (C=O) groups is 1. The SMILES string of the molecule is COc1c(Cl)cc(CCC=O)c(OC)c1F. The van der Waals surface area contributed by atoms with E-state index in [2.05, 4.69) is 0 Å². The van der Waals surface area contributed by atoms with E-state index in [0.29, 0.717) is 18.4 Å². The Balaban J connectivity index is 3.23. The van der Waals surface area contributed by atoms with Crippen molar-refractivity contribution in [2.45, 2.75) is 12.8 Å². The molecule has 0 spiro atoms.